The van der Waals surface area contributed by atoms with Gasteiger partial charge in [-0.25, -0.2) is 18.0 Å². The fourth-order valence-corrected chi connectivity index (χ4v) is 3.59. The van der Waals surface area contributed by atoms with Crippen LogP contribution in [0.4, 0.5) is 19.0 Å². The van der Waals surface area contributed by atoms with Crippen LogP contribution in [-0.4, -0.2) is 22.1 Å². The maximum atomic E-state index is 14.6. The lowest BCUT2D eigenvalue weighted by atomic mass is 9.97. The van der Waals surface area contributed by atoms with Crippen LogP contribution < -0.4 is 15.7 Å². The van der Waals surface area contributed by atoms with E-state index in [1.807, 2.05) is 0 Å². The fraction of sp³-hybridized carbons (Fsp3) is 0.333. The SMILES string of the molecule is COc1nc2[nH]c(=O)nc(N[C@H](C)c3cccc(C(F)F)c3F)c2cc1C1(C#N)CC1. The monoisotopic (exact) mass is 429 g/mol. The highest BCUT2D eigenvalue weighted by molar-refractivity contribution is 5.88. The molecule has 0 aliphatic heterocycles. The lowest BCUT2D eigenvalue weighted by molar-refractivity contribution is 0.146. The van der Waals surface area contributed by atoms with Crippen molar-refractivity contribution in [3.63, 3.8) is 0 Å². The Bertz CT molecular complexity index is 1260. The number of fused-ring (bicyclic) bond motifs is 1. The summed E-state index contributed by atoms with van der Waals surface area (Å²) in [5.74, 6) is -0.699. The molecule has 1 fully saturated rings. The standard InChI is InChI=1S/C21H18F3N5O2/c1-10(11-4-3-5-12(15(11)22)16(23)24)26-17-13-8-14(21(9-25)6-7-21)19(31-2)27-18(13)29-20(30)28-17/h3-5,8,10,16H,6-7H2,1-2H3,(H2,26,27,28,29,30)/t10-/m1/s1. The number of aromatic amines is 1. The second-order valence-electron chi connectivity index (χ2n) is 7.44. The van der Waals surface area contributed by atoms with E-state index >= 15 is 0 Å². The first-order chi connectivity index (χ1) is 14.8. The number of halogens is 3. The van der Waals surface area contributed by atoms with Gasteiger partial charge in [-0.15, -0.1) is 0 Å². The summed E-state index contributed by atoms with van der Waals surface area (Å²) in [4.78, 5) is 22.8. The molecule has 1 aliphatic carbocycles. The molecular formula is C21H18F3N5O2. The predicted octanol–water partition coefficient (Wildman–Crippen LogP) is 4.13. The summed E-state index contributed by atoms with van der Waals surface area (Å²) >= 11 is 0. The smallest absolute Gasteiger partial charge is 0.348 e. The van der Waals surface area contributed by atoms with Crippen molar-refractivity contribution in [1.82, 2.24) is 15.0 Å². The van der Waals surface area contributed by atoms with Gasteiger partial charge in [0.25, 0.3) is 6.43 Å². The number of alkyl halides is 2. The molecule has 1 saturated carbocycles. The zero-order chi connectivity index (χ0) is 22.3. The largest absolute Gasteiger partial charge is 0.481 e. The Balaban J connectivity index is 1.81. The Labute approximate surface area is 174 Å². The van der Waals surface area contributed by atoms with Gasteiger partial charge in [-0.3, -0.25) is 4.98 Å². The van der Waals surface area contributed by atoms with E-state index in [1.165, 1.54) is 19.2 Å². The van der Waals surface area contributed by atoms with Gasteiger partial charge in [-0.05, 0) is 25.8 Å². The number of benzene rings is 1. The third-order valence-electron chi connectivity index (χ3n) is 5.47. The molecule has 4 rings (SSSR count). The van der Waals surface area contributed by atoms with Gasteiger partial charge in [-0.1, -0.05) is 18.2 Å². The third kappa shape index (κ3) is 3.56. The van der Waals surface area contributed by atoms with Crippen LogP contribution in [0.5, 0.6) is 5.88 Å². The molecule has 0 amide bonds. The molecule has 1 atom stereocenters. The van der Waals surface area contributed by atoms with Crippen molar-refractivity contribution in [3.05, 3.63) is 57.3 Å². The summed E-state index contributed by atoms with van der Waals surface area (Å²) in [6.45, 7) is 1.57. The van der Waals surface area contributed by atoms with E-state index in [-0.39, 0.29) is 22.9 Å². The van der Waals surface area contributed by atoms with Gasteiger partial charge in [0.15, 0.2) is 0 Å². The number of ether oxygens (including phenoxy) is 1. The molecule has 10 heteroatoms. The quantitative estimate of drug-likeness (QED) is 0.611. The number of methoxy groups -OCH3 is 1. The van der Waals surface area contributed by atoms with Gasteiger partial charge < -0.3 is 10.1 Å². The third-order valence-corrected chi connectivity index (χ3v) is 5.47. The zero-order valence-corrected chi connectivity index (χ0v) is 16.7. The average Bonchev–Trinajstić information content (AvgIpc) is 3.53. The van der Waals surface area contributed by atoms with E-state index < -0.39 is 35.0 Å². The van der Waals surface area contributed by atoms with E-state index in [0.29, 0.717) is 23.8 Å². The minimum absolute atomic E-state index is 0.00501. The van der Waals surface area contributed by atoms with Gasteiger partial charge in [-0.2, -0.15) is 15.2 Å². The maximum absolute atomic E-state index is 14.6. The van der Waals surface area contributed by atoms with Crippen molar-refractivity contribution in [2.24, 2.45) is 0 Å². The molecule has 3 aromatic rings. The Morgan fingerprint density at radius 2 is 2.00 bits per heavy atom. The molecular weight excluding hydrogens is 411 g/mol. The first-order valence-corrected chi connectivity index (χ1v) is 9.53. The molecule has 1 aromatic carbocycles. The minimum Gasteiger partial charge on any atom is -0.481 e. The second-order valence-corrected chi connectivity index (χ2v) is 7.44. The van der Waals surface area contributed by atoms with Crippen molar-refractivity contribution in [2.75, 3.05) is 12.4 Å². The van der Waals surface area contributed by atoms with Crippen molar-refractivity contribution in [1.29, 1.82) is 5.26 Å². The number of hydrogen-bond donors (Lipinski definition) is 2. The Kier molecular flexibility index (Phi) is 5.05. The molecule has 2 aromatic heterocycles. The number of nitrogens with one attached hydrogen (secondary N) is 2. The zero-order valence-electron chi connectivity index (χ0n) is 16.7. The first-order valence-electron chi connectivity index (χ1n) is 9.53. The van der Waals surface area contributed by atoms with Crippen molar-refractivity contribution >= 4 is 16.9 Å². The Morgan fingerprint density at radius 3 is 2.61 bits per heavy atom. The average molecular weight is 429 g/mol. The Hall–Kier alpha value is -3.61. The number of hydrogen-bond acceptors (Lipinski definition) is 6. The van der Waals surface area contributed by atoms with Gasteiger partial charge in [0.05, 0.1) is 35.6 Å². The lowest BCUT2D eigenvalue weighted by Gasteiger charge is -2.19. The maximum Gasteiger partial charge on any atom is 0.348 e. The van der Waals surface area contributed by atoms with Crippen LogP contribution in [-0.2, 0) is 5.41 Å². The van der Waals surface area contributed by atoms with Gasteiger partial charge >= 0.3 is 5.69 Å². The molecule has 0 spiro atoms. The van der Waals surface area contributed by atoms with Crippen LogP contribution in [0.25, 0.3) is 11.0 Å². The van der Waals surface area contributed by atoms with E-state index in [9.17, 15) is 23.2 Å². The normalized spacial score (nSPS) is 15.5. The highest BCUT2D eigenvalue weighted by atomic mass is 19.3. The number of pyridine rings is 1. The van der Waals surface area contributed by atoms with Crippen molar-refractivity contribution in [3.8, 4) is 11.9 Å². The van der Waals surface area contributed by atoms with E-state index in [4.69, 9.17) is 4.74 Å². The molecule has 31 heavy (non-hydrogen) atoms. The number of aromatic nitrogens is 3. The molecule has 0 radical (unpaired) electrons. The van der Waals surface area contributed by atoms with Crippen LogP contribution >= 0.6 is 0 Å². The summed E-state index contributed by atoms with van der Waals surface area (Å²) in [6, 6.07) is 6.91. The van der Waals surface area contributed by atoms with E-state index in [1.54, 1.807) is 13.0 Å². The van der Waals surface area contributed by atoms with Crippen LogP contribution in [0, 0.1) is 17.1 Å². The minimum atomic E-state index is -2.95. The summed E-state index contributed by atoms with van der Waals surface area (Å²) < 4.78 is 46.0. The summed E-state index contributed by atoms with van der Waals surface area (Å²) in [7, 11) is 1.42. The van der Waals surface area contributed by atoms with E-state index in [2.05, 4.69) is 26.3 Å². The van der Waals surface area contributed by atoms with E-state index in [0.717, 1.165) is 6.07 Å². The molecule has 1 aliphatic rings. The highest BCUT2D eigenvalue weighted by Crippen LogP contribution is 2.51. The van der Waals surface area contributed by atoms with Crippen LogP contribution in [0.1, 0.15) is 48.9 Å². The molecule has 160 valence electrons. The van der Waals surface area contributed by atoms with Gasteiger partial charge in [0.1, 0.15) is 17.3 Å². The predicted molar refractivity (Wildman–Crippen MR) is 107 cm³/mol. The second kappa shape index (κ2) is 7.58. The molecule has 0 saturated heterocycles. The summed E-state index contributed by atoms with van der Waals surface area (Å²) in [6.07, 6.45) is -1.66. The summed E-state index contributed by atoms with van der Waals surface area (Å²) in [5.41, 5.74) is -1.37. The number of nitrogens with zero attached hydrogens (tertiary/aromatic N) is 3. The lowest BCUT2D eigenvalue weighted by Crippen LogP contribution is -2.18. The number of nitriles is 1. The molecule has 2 N–H and O–H groups in total. The number of H-pyrrole nitrogens is 1. The summed E-state index contributed by atoms with van der Waals surface area (Å²) in [5, 5.41) is 12.9. The molecule has 2 heterocycles. The molecule has 0 bridgehead atoms. The van der Waals surface area contributed by atoms with Crippen molar-refractivity contribution < 1.29 is 17.9 Å². The molecule has 7 nitrogen and oxygen atoms in total. The van der Waals surface area contributed by atoms with Gasteiger partial charge in [0.2, 0.25) is 5.88 Å². The highest BCUT2D eigenvalue weighted by Gasteiger charge is 2.47. The fourth-order valence-electron chi connectivity index (χ4n) is 3.59. The number of anilines is 1. The van der Waals surface area contributed by atoms with Crippen LogP contribution in [0.15, 0.2) is 29.1 Å². The Morgan fingerprint density at radius 1 is 1.29 bits per heavy atom. The van der Waals surface area contributed by atoms with Crippen molar-refractivity contribution in [2.45, 2.75) is 37.6 Å². The topological polar surface area (TPSA) is 104 Å². The first kappa shape index (κ1) is 20.7. The molecule has 0 unspecified atom stereocenters. The van der Waals surface area contributed by atoms with Crippen LogP contribution in [0.2, 0.25) is 0 Å². The van der Waals surface area contributed by atoms with Gasteiger partial charge in [0, 0.05) is 11.1 Å². The number of rotatable bonds is 6. The van der Waals surface area contributed by atoms with Crippen LogP contribution in [0.3, 0.4) is 0 Å².